The number of ether oxygens (including phenoxy) is 2. The number of cyclic esters (lactones) is 1. The van der Waals surface area contributed by atoms with Crippen LogP contribution in [0.25, 0.3) is 0 Å². The second kappa shape index (κ2) is 7.22. The number of anilines is 1. The van der Waals surface area contributed by atoms with E-state index in [0.717, 1.165) is 26.2 Å². The highest BCUT2D eigenvalue weighted by atomic mass is 16.8. The zero-order chi connectivity index (χ0) is 20.8. The molecule has 1 aromatic rings. The number of hydrogen-bond acceptors (Lipinski definition) is 6. The van der Waals surface area contributed by atoms with Crippen molar-refractivity contribution < 1.29 is 29.1 Å². The van der Waals surface area contributed by atoms with E-state index in [0.29, 0.717) is 5.57 Å². The molecular weight excluding hydrogens is 372 g/mol. The number of Topliss-reactive ketones (excluding diaryl/α,β-unsaturated/α-hetero) is 1. The molecule has 7 nitrogen and oxygen atoms in total. The number of nitrogens with one attached hydrogen (secondary N) is 1. The van der Waals surface area contributed by atoms with E-state index in [1.54, 1.807) is 20.8 Å². The lowest BCUT2D eigenvalue weighted by Crippen LogP contribution is -3.18. The molecule has 1 aromatic carbocycles. The smallest absolute Gasteiger partial charge is 0.345 e. The van der Waals surface area contributed by atoms with Crippen molar-refractivity contribution >= 4 is 17.4 Å². The maximum Gasteiger partial charge on any atom is 0.345 e. The SMILES string of the molecule is CC1=C[C@H]([NH+]2CCN(c3ccccc3)CC2)[C@@H](C2=C(O)OC(C)(C)OC2=O)C1=O. The molecular formula is C22H27N2O5+. The lowest BCUT2D eigenvalue weighted by Gasteiger charge is -2.38. The minimum Gasteiger partial charge on any atom is -0.480 e. The Labute approximate surface area is 170 Å². The fourth-order valence-electron chi connectivity index (χ4n) is 4.48. The lowest BCUT2D eigenvalue weighted by molar-refractivity contribution is -0.920. The minimum absolute atomic E-state index is 0.0644. The summed E-state index contributed by atoms with van der Waals surface area (Å²) in [6, 6.07) is 10.0. The highest BCUT2D eigenvalue weighted by molar-refractivity contribution is 6.07. The van der Waals surface area contributed by atoms with Crippen molar-refractivity contribution in [3.05, 3.63) is 53.5 Å². The van der Waals surface area contributed by atoms with E-state index in [2.05, 4.69) is 17.0 Å². The summed E-state index contributed by atoms with van der Waals surface area (Å²) in [5, 5.41) is 10.4. The molecule has 0 amide bonds. The van der Waals surface area contributed by atoms with Gasteiger partial charge in [-0.2, -0.15) is 0 Å². The summed E-state index contributed by atoms with van der Waals surface area (Å²) in [5.74, 6) is -3.38. The fourth-order valence-corrected chi connectivity index (χ4v) is 4.48. The van der Waals surface area contributed by atoms with E-state index in [1.807, 2.05) is 24.3 Å². The number of para-hydroxylation sites is 1. The van der Waals surface area contributed by atoms with Crippen LogP contribution in [0.5, 0.6) is 0 Å². The number of rotatable bonds is 3. The Bertz CT molecular complexity index is 882. The van der Waals surface area contributed by atoms with Gasteiger partial charge in [-0.1, -0.05) is 18.2 Å². The van der Waals surface area contributed by atoms with E-state index in [9.17, 15) is 14.7 Å². The van der Waals surface area contributed by atoms with E-state index < -0.39 is 23.6 Å². The van der Waals surface area contributed by atoms with Crippen molar-refractivity contribution in [3.63, 3.8) is 0 Å². The molecule has 2 heterocycles. The Hall–Kier alpha value is -2.80. The standard InChI is InChI=1S/C22H26N2O5/c1-14-13-16(24-11-9-23(10-12-24)15-7-5-4-6-8-15)17(19(14)25)18-20(26)28-22(2,3)29-21(18)27/h4-8,13,16-17,26H,9-12H2,1-3H3/p+1/t16-,17-/m0/s1. The van der Waals surface area contributed by atoms with Gasteiger partial charge in [-0.15, -0.1) is 0 Å². The van der Waals surface area contributed by atoms with E-state index in [1.165, 1.54) is 10.6 Å². The number of benzene rings is 1. The Morgan fingerprint density at radius 2 is 1.76 bits per heavy atom. The van der Waals surface area contributed by atoms with Crippen LogP contribution in [0.3, 0.4) is 0 Å². The van der Waals surface area contributed by atoms with Crippen molar-refractivity contribution in [2.45, 2.75) is 32.6 Å². The minimum atomic E-state index is -1.25. The van der Waals surface area contributed by atoms with Gasteiger partial charge in [0.25, 0.3) is 11.7 Å². The maximum absolute atomic E-state index is 12.9. The molecule has 4 rings (SSSR count). The molecule has 7 heteroatoms. The first kappa shape index (κ1) is 19.5. The number of esters is 1. The van der Waals surface area contributed by atoms with Crippen LogP contribution in [0, 0.1) is 5.92 Å². The monoisotopic (exact) mass is 399 g/mol. The number of allylic oxidation sites excluding steroid dienone is 1. The lowest BCUT2D eigenvalue weighted by atomic mass is 9.89. The molecule has 0 radical (unpaired) electrons. The highest BCUT2D eigenvalue weighted by Gasteiger charge is 2.51. The average Bonchev–Trinajstić information content (AvgIpc) is 2.96. The Morgan fingerprint density at radius 3 is 2.38 bits per heavy atom. The normalized spacial score (nSPS) is 27.6. The number of carbonyl (C=O) groups excluding carboxylic acids is 2. The predicted molar refractivity (Wildman–Crippen MR) is 106 cm³/mol. The Morgan fingerprint density at radius 1 is 1.10 bits per heavy atom. The molecule has 2 atom stereocenters. The summed E-state index contributed by atoms with van der Waals surface area (Å²) in [5.41, 5.74) is 1.73. The zero-order valence-corrected chi connectivity index (χ0v) is 17.0. The maximum atomic E-state index is 12.9. The quantitative estimate of drug-likeness (QED) is 0.738. The van der Waals surface area contributed by atoms with Gasteiger partial charge in [0.15, 0.2) is 5.78 Å². The second-order valence-corrected chi connectivity index (χ2v) is 8.31. The summed E-state index contributed by atoms with van der Waals surface area (Å²) < 4.78 is 10.7. The molecule has 0 aromatic heterocycles. The van der Waals surface area contributed by atoms with Crippen molar-refractivity contribution in [2.75, 3.05) is 31.1 Å². The molecule has 1 aliphatic carbocycles. The number of nitrogens with zero attached hydrogens (tertiary/aromatic N) is 1. The number of quaternary nitrogens is 1. The number of carbonyl (C=O) groups is 2. The van der Waals surface area contributed by atoms with Crippen LogP contribution in [0.1, 0.15) is 20.8 Å². The van der Waals surface area contributed by atoms with Gasteiger partial charge in [-0.3, -0.25) is 4.79 Å². The summed E-state index contributed by atoms with van der Waals surface area (Å²) in [6.45, 7) is 8.19. The van der Waals surface area contributed by atoms with Crippen molar-refractivity contribution in [2.24, 2.45) is 5.92 Å². The molecule has 2 N–H and O–H groups in total. The van der Waals surface area contributed by atoms with Gasteiger partial charge in [-0.05, 0) is 30.7 Å². The van der Waals surface area contributed by atoms with Gasteiger partial charge >= 0.3 is 5.97 Å². The van der Waals surface area contributed by atoms with Gasteiger partial charge in [0, 0.05) is 19.5 Å². The third-order valence-corrected chi connectivity index (χ3v) is 5.90. The fraction of sp³-hybridized carbons (Fsp3) is 0.455. The molecule has 0 bridgehead atoms. The van der Waals surface area contributed by atoms with Gasteiger partial charge in [0.1, 0.15) is 17.5 Å². The molecule has 154 valence electrons. The molecule has 29 heavy (non-hydrogen) atoms. The Balaban J connectivity index is 1.55. The molecule has 0 unspecified atom stereocenters. The third kappa shape index (κ3) is 3.62. The molecule has 1 fully saturated rings. The topological polar surface area (TPSA) is 80.5 Å². The van der Waals surface area contributed by atoms with Gasteiger partial charge in [-0.25, -0.2) is 4.79 Å². The van der Waals surface area contributed by atoms with Crippen LogP contribution in [0.15, 0.2) is 53.5 Å². The number of aliphatic hydroxyl groups is 1. The summed E-state index contributed by atoms with van der Waals surface area (Å²) >= 11 is 0. The molecule has 0 spiro atoms. The number of ketones is 1. The first-order valence-electron chi connectivity index (χ1n) is 9.99. The van der Waals surface area contributed by atoms with Crippen LogP contribution >= 0.6 is 0 Å². The third-order valence-electron chi connectivity index (χ3n) is 5.90. The van der Waals surface area contributed by atoms with Crippen LogP contribution in [0.4, 0.5) is 5.69 Å². The molecule has 0 saturated carbocycles. The largest absolute Gasteiger partial charge is 0.480 e. The zero-order valence-electron chi connectivity index (χ0n) is 17.0. The first-order valence-corrected chi connectivity index (χ1v) is 9.99. The highest BCUT2D eigenvalue weighted by Crippen LogP contribution is 2.35. The summed E-state index contributed by atoms with van der Waals surface area (Å²) in [6.07, 6.45) is 1.92. The average molecular weight is 399 g/mol. The summed E-state index contributed by atoms with van der Waals surface area (Å²) in [4.78, 5) is 29.0. The number of piperazine rings is 1. The van der Waals surface area contributed by atoms with Crippen molar-refractivity contribution in [3.8, 4) is 0 Å². The van der Waals surface area contributed by atoms with Gasteiger partial charge in [0.2, 0.25) is 0 Å². The molecule has 1 saturated heterocycles. The number of hydrogen-bond donors (Lipinski definition) is 2. The first-order chi connectivity index (χ1) is 13.8. The molecule has 3 aliphatic rings. The van der Waals surface area contributed by atoms with E-state index in [-0.39, 0.29) is 17.4 Å². The van der Waals surface area contributed by atoms with Gasteiger partial charge in [0.05, 0.1) is 26.2 Å². The van der Waals surface area contributed by atoms with Gasteiger partial charge < -0.3 is 24.4 Å². The van der Waals surface area contributed by atoms with E-state index >= 15 is 0 Å². The van der Waals surface area contributed by atoms with Crippen LogP contribution < -0.4 is 9.80 Å². The van der Waals surface area contributed by atoms with Crippen LogP contribution in [-0.4, -0.2) is 54.9 Å². The molecule has 2 aliphatic heterocycles. The summed E-state index contributed by atoms with van der Waals surface area (Å²) in [7, 11) is 0. The predicted octanol–water partition coefficient (Wildman–Crippen LogP) is 0.984. The van der Waals surface area contributed by atoms with Crippen molar-refractivity contribution in [1.82, 2.24) is 0 Å². The van der Waals surface area contributed by atoms with Crippen molar-refractivity contribution in [1.29, 1.82) is 0 Å². The second-order valence-electron chi connectivity index (χ2n) is 8.31. The number of aliphatic hydroxyl groups excluding tert-OH is 1. The van der Waals surface area contributed by atoms with E-state index in [4.69, 9.17) is 9.47 Å². The van der Waals surface area contributed by atoms with Crippen LogP contribution in [-0.2, 0) is 19.1 Å². The van der Waals surface area contributed by atoms with Crippen LogP contribution in [0.2, 0.25) is 0 Å². The Kier molecular flexibility index (Phi) is 4.86.